The van der Waals surface area contributed by atoms with Crippen LogP contribution in [0.15, 0.2) is 12.4 Å². The molecule has 6 nitrogen and oxygen atoms in total. The van der Waals surface area contributed by atoms with E-state index in [4.69, 9.17) is 5.73 Å². The third-order valence-corrected chi connectivity index (χ3v) is 1.78. The number of rotatable bonds is 6. The molecule has 82 valence electrons. The number of nitrogens with two attached hydrogens (primary N) is 1. The second-order valence-corrected chi connectivity index (χ2v) is 2.90. The zero-order chi connectivity index (χ0) is 11.1. The Hall–Kier alpha value is -1.69. The first-order valence-electron chi connectivity index (χ1n) is 4.81. The number of aromatic nitrogens is 2. The summed E-state index contributed by atoms with van der Waals surface area (Å²) in [6.45, 7) is 4.40. The van der Waals surface area contributed by atoms with Gasteiger partial charge in [0.15, 0.2) is 11.5 Å². The molecular weight excluding hydrogens is 194 g/mol. The summed E-state index contributed by atoms with van der Waals surface area (Å²) in [7, 11) is 0. The van der Waals surface area contributed by atoms with E-state index in [1.165, 1.54) is 12.4 Å². The van der Waals surface area contributed by atoms with Crippen molar-refractivity contribution >= 4 is 11.7 Å². The van der Waals surface area contributed by atoms with Gasteiger partial charge in [0, 0.05) is 25.5 Å². The van der Waals surface area contributed by atoms with Crippen molar-refractivity contribution in [3.05, 3.63) is 18.1 Å². The van der Waals surface area contributed by atoms with Gasteiger partial charge in [-0.15, -0.1) is 0 Å². The van der Waals surface area contributed by atoms with Crippen LogP contribution < -0.4 is 16.4 Å². The molecule has 1 heterocycles. The first-order valence-corrected chi connectivity index (χ1v) is 4.81. The number of hydrogen-bond acceptors (Lipinski definition) is 5. The molecule has 0 radical (unpaired) electrons. The molecule has 1 aromatic rings. The second-order valence-electron chi connectivity index (χ2n) is 2.90. The molecule has 0 spiro atoms. The number of likely N-dealkylation sites (N-methyl/N-ethyl adjacent to an activating group) is 1. The third-order valence-electron chi connectivity index (χ3n) is 1.78. The van der Waals surface area contributed by atoms with Gasteiger partial charge in [0.2, 0.25) is 0 Å². The number of carbonyl (C=O) groups is 1. The summed E-state index contributed by atoms with van der Waals surface area (Å²) < 4.78 is 0. The second kappa shape index (κ2) is 5.92. The molecule has 0 unspecified atom stereocenters. The Kier molecular flexibility index (Phi) is 4.49. The number of primary amides is 1. The molecule has 1 rings (SSSR count). The molecule has 15 heavy (non-hydrogen) atoms. The van der Waals surface area contributed by atoms with Gasteiger partial charge in [0.25, 0.3) is 5.91 Å². The molecule has 0 bridgehead atoms. The van der Waals surface area contributed by atoms with Crippen molar-refractivity contribution in [3.63, 3.8) is 0 Å². The molecule has 0 saturated carbocycles. The Morgan fingerprint density at radius 2 is 2.13 bits per heavy atom. The molecule has 0 atom stereocenters. The van der Waals surface area contributed by atoms with Gasteiger partial charge in [0.1, 0.15) is 0 Å². The zero-order valence-electron chi connectivity index (χ0n) is 8.66. The predicted octanol–water partition coefficient (Wildman–Crippen LogP) is -0.403. The summed E-state index contributed by atoms with van der Waals surface area (Å²) in [5.74, 6) is -0.142. The van der Waals surface area contributed by atoms with Crippen molar-refractivity contribution in [3.8, 4) is 0 Å². The zero-order valence-corrected chi connectivity index (χ0v) is 8.66. The van der Waals surface area contributed by atoms with E-state index in [-0.39, 0.29) is 5.69 Å². The van der Waals surface area contributed by atoms with Gasteiger partial charge in [-0.25, -0.2) is 9.97 Å². The van der Waals surface area contributed by atoms with Crippen molar-refractivity contribution < 1.29 is 4.79 Å². The summed E-state index contributed by atoms with van der Waals surface area (Å²) in [6, 6.07) is 0. The van der Waals surface area contributed by atoms with Gasteiger partial charge >= 0.3 is 0 Å². The van der Waals surface area contributed by atoms with Gasteiger partial charge in [0.05, 0.1) is 0 Å². The Labute approximate surface area is 88.3 Å². The smallest absolute Gasteiger partial charge is 0.271 e. The maximum atomic E-state index is 11.0. The molecule has 4 N–H and O–H groups in total. The lowest BCUT2D eigenvalue weighted by atomic mass is 10.4. The highest BCUT2D eigenvalue weighted by atomic mass is 16.1. The molecule has 1 amide bonds. The fraction of sp³-hybridized carbons (Fsp3) is 0.444. The van der Waals surface area contributed by atoms with Crippen LogP contribution >= 0.6 is 0 Å². The topological polar surface area (TPSA) is 92.9 Å². The highest BCUT2D eigenvalue weighted by molar-refractivity contribution is 5.95. The first-order chi connectivity index (χ1) is 7.25. The van der Waals surface area contributed by atoms with Gasteiger partial charge in [-0.1, -0.05) is 6.92 Å². The van der Waals surface area contributed by atoms with Crippen LogP contribution in [0.2, 0.25) is 0 Å². The van der Waals surface area contributed by atoms with Crippen LogP contribution in [0.3, 0.4) is 0 Å². The Bertz CT molecular complexity index is 328. The fourth-order valence-electron chi connectivity index (χ4n) is 1.09. The highest BCUT2D eigenvalue weighted by Crippen LogP contribution is 2.05. The van der Waals surface area contributed by atoms with Gasteiger partial charge in [-0.05, 0) is 6.54 Å². The van der Waals surface area contributed by atoms with Crippen molar-refractivity contribution in [2.75, 3.05) is 25.0 Å². The maximum absolute atomic E-state index is 11.0. The molecule has 0 aromatic carbocycles. The van der Waals surface area contributed by atoms with E-state index in [1.54, 1.807) is 0 Å². The largest absolute Gasteiger partial charge is 0.367 e. The van der Waals surface area contributed by atoms with Gasteiger partial charge in [-0.3, -0.25) is 4.79 Å². The number of anilines is 1. The minimum Gasteiger partial charge on any atom is -0.367 e. The highest BCUT2D eigenvalue weighted by Gasteiger charge is 2.09. The van der Waals surface area contributed by atoms with Crippen LogP contribution in [0.1, 0.15) is 17.4 Å². The van der Waals surface area contributed by atoms with Crippen LogP contribution in [0.4, 0.5) is 5.82 Å². The van der Waals surface area contributed by atoms with Crippen molar-refractivity contribution in [2.24, 2.45) is 5.73 Å². The van der Waals surface area contributed by atoms with Gasteiger partial charge < -0.3 is 16.4 Å². The summed E-state index contributed by atoms with van der Waals surface area (Å²) in [5, 5.41) is 6.13. The number of hydrogen-bond donors (Lipinski definition) is 3. The molecule has 0 saturated heterocycles. The van der Waals surface area contributed by atoms with E-state index in [0.717, 1.165) is 13.1 Å². The Morgan fingerprint density at radius 1 is 1.40 bits per heavy atom. The molecule has 0 aliphatic heterocycles. The van der Waals surface area contributed by atoms with Crippen molar-refractivity contribution in [1.29, 1.82) is 0 Å². The van der Waals surface area contributed by atoms with E-state index in [1.807, 2.05) is 6.92 Å². The SMILES string of the molecule is CCNCCNc1nccnc1C(N)=O. The monoisotopic (exact) mass is 209 g/mol. The lowest BCUT2D eigenvalue weighted by Crippen LogP contribution is -2.24. The van der Waals surface area contributed by atoms with Crippen molar-refractivity contribution in [2.45, 2.75) is 6.92 Å². The predicted molar refractivity (Wildman–Crippen MR) is 57.6 cm³/mol. The lowest BCUT2D eigenvalue weighted by Gasteiger charge is -2.07. The number of amides is 1. The number of nitrogens with one attached hydrogen (secondary N) is 2. The molecular formula is C9H15N5O. The average molecular weight is 209 g/mol. The van der Waals surface area contributed by atoms with Crippen LogP contribution in [-0.2, 0) is 0 Å². The molecule has 0 aliphatic rings. The van der Waals surface area contributed by atoms with Crippen LogP contribution in [-0.4, -0.2) is 35.5 Å². The average Bonchev–Trinajstić information content (AvgIpc) is 2.25. The minimum atomic E-state index is -0.575. The van der Waals surface area contributed by atoms with E-state index < -0.39 is 5.91 Å². The normalized spacial score (nSPS) is 9.93. The molecule has 0 fully saturated rings. The lowest BCUT2D eigenvalue weighted by molar-refractivity contribution is 0.0996. The molecule has 0 aliphatic carbocycles. The number of carbonyl (C=O) groups excluding carboxylic acids is 1. The number of nitrogens with zero attached hydrogens (tertiary/aromatic N) is 2. The summed E-state index contributed by atoms with van der Waals surface area (Å²) in [5.41, 5.74) is 5.32. The van der Waals surface area contributed by atoms with E-state index in [9.17, 15) is 4.79 Å². The molecule has 1 aromatic heterocycles. The van der Waals surface area contributed by atoms with Crippen LogP contribution in [0.25, 0.3) is 0 Å². The fourth-order valence-corrected chi connectivity index (χ4v) is 1.09. The van der Waals surface area contributed by atoms with E-state index in [0.29, 0.717) is 12.4 Å². The quantitative estimate of drug-likeness (QED) is 0.554. The Balaban J connectivity index is 2.56. The van der Waals surface area contributed by atoms with Crippen LogP contribution in [0.5, 0.6) is 0 Å². The Morgan fingerprint density at radius 3 is 2.80 bits per heavy atom. The third kappa shape index (κ3) is 3.51. The summed E-state index contributed by atoms with van der Waals surface area (Å²) >= 11 is 0. The van der Waals surface area contributed by atoms with Crippen molar-refractivity contribution in [1.82, 2.24) is 15.3 Å². The molecule has 6 heteroatoms. The van der Waals surface area contributed by atoms with E-state index in [2.05, 4.69) is 20.6 Å². The van der Waals surface area contributed by atoms with E-state index >= 15 is 0 Å². The van der Waals surface area contributed by atoms with Gasteiger partial charge in [-0.2, -0.15) is 0 Å². The van der Waals surface area contributed by atoms with Crippen LogP contribution in [0, 0.1) is 0 Å². The summed E-state index contributed by atoms with van der Waals surface area (Å²) in [4.78, 5) is 18.8. The minimum absolute atomic E-state index is 0.175. The summed E-state index contributed by atoms with van der Waals surface area (Å²) in [6.07, 6.45) is 2.96. The standard InChI is InChI=1S/C9H15N5O/c1-2-11-3-4-13-9-7(8(10)15)12-5-6-14-9/h5-6,11H,2-4H2,1H3,(H2,10,15)(H,13,14). The first kappa shape index (κ1) is 11.4. The maximum Gasteiger partial charge on any atom is 0.271 e.